The van der Waals surface area contributed by atoms with Gasteiger partial charge in [-0.05, 0) is 90.0 Å². The highest BCUT2D eigenvalue weighted by molar-refractivity contribution is 5.72. The van der Waals surface area contributed by atoms with Crippen molar-refractivity contribution in [3.8, 4) is 0 Å². The number of aliphatic hydroxyl groups is 3. The van der Waals surface area contributed by atoms with E-state index in [-0.39, 0.29) is 30.4 Å². The minimum Gasteiger partial charge on any atom is -0.465 e. The highest BCUT2D eigenvalue weighted by Gasteiger charge is 2.21. The standard InChI is InChI=1S/C49H97NO7/c1-5-9-13-17-19-24-34-44(32-22-15-11-7-3)48(54)56-40-30-26-36-46(52)42-50(38-28-21-29-39-51)43-47(53)37-27-31-41-57-49(55)45(33-23-16-12-8-4)35-25-20-18-14-10-6-2/h44-47,51-53H,5-43H2,1-4H3/t44?,45?,46-,47-/m0/s1. The Morgan fingerprint density at radius 2 is 0.737 bits per heavy atom. The van der Waals surface area contributed by atoms with Gasteiger partial charge in [-0.15, -0.1) is 0 Å². The molecular weight excluding hydrogens is 715 g/mol. The molecule has 0 amide bonds. The molecule has 0 saturated heterocycles. The molecule has 2 unspecified atom stereocenters. The van der Waals surface area contributed by atoms with Crippen LogP contribution in [0, 0.1) is 11.8 Å². The maximum atomic E-state index is 13.0. The molecule has 0 aliphatic carbocycles. The van der Waals surface area contributed by atoms with Crippen molar-refractivity contribution >= 4 is 11.9 Å². The normalized spacial score (nSPS) is 13.8. The van der Waals surface area contributed by atoms with E-state index in [0.717, 1.165) is 103 Å². The van der Waals surface area contributed by atoms with Crippen molar-refractivity contribution in [2.24, 2.45) is 11.8 Å². The molecule has 8 heteroatoms. The Balaban J connectivity index is 4.68. The molecule has 0 heterocycles. The van der Waals surface area contributed by atoms with Crippen LogP contribution in [0.1, 0.15) is 240 Å². The quantitative estimate of drug-likeness (QED) is 0.0411. The molecule has 0 spiro atoms. The first-order valence-corrected chi connectivity index (χ1v) is 24.8. The van der Waals surface area contributed by atoms with Crippen molar-refractivity contribution in [2.45, 2.75) is 252 Å². The molecule has 57 heavy (non-hydrogen) atoms. The van der Waals surface area contributed by atoms with E-state index in [1.807, 2.05) is 0 Å². The molecule has 0 aromatic carbocycles. The fourth-order valence-electron chi connectivity index (χ4n) is 7.94. The number of carbonyl (C=O) groups excluding carboxylic acids is 2. The van der Waals surface area contributed by atoms with Gasteiger partial charge in [0, 0.05) is 19.7 Å². The molecule has 0 aliphatic rings. The summed E-state index contributed by atoms with van der Waals surface area (Å²) in [4.78, 5) is 28.2. The summed E-state index contributed by atoms with van der Waals surface area (Å²) in [6.45, 7) is 11.6. The summed E-state index contributed by atoms with van der Waals surface area (Å²) in [6.07, 6.45) is 33.7. The summed E-state index contributed by atoms with van der Waals surface area (Å²) in [7, 11) is 0. The highest BCUT2D eigenvalue weighted by Crippen LogP contribution is 2.22. The lowest BCUT2D eigenvalue weighted by Gasteiger charge is -2.27. The maximum Gasteiger partial charge on any atom is 0.308 e. The van der Waals surface area contributed by atoms with Crippen molar-refractivity contribution < 1.29 is 34.4 Å². The molecule has 0 radical (unpaired) electrons. The number of nitrogens with zero attached hydrogens (tertiary/aromatic N) is 1. The minimum absolute atomic E-state index is 0.0108. The number of rotatable bonds is 45. The van der Waals surface area contributed by atoms with Gasteiger partial charge in [-0.2, -0.15) is 0 Å². The predicted octanol–water partition coefficient (Wildman–Crippen LogP) is 12.3. The van der Waals surface area contributed by atoms with E-state index in [0.29, 0.717) is 39.1 Å². The van der Waals surface area contributed by atoms with Crippen molar-refractivity contribution in [2.75, 3.05) is 39.5 Å². The van der Waals surface area contributed by atoms with Gasteiger partial charge in [0.1, 0.15) is 0 Å². The second kappa shape index (κ2) is 42.9. The van der Waals surface area contributed by atoms with Crippen LogP contribution in [0.3, 0.4) is 0 Å². The average Bonchev–Trinajstić information content (AvgIpc) is 3.20. The molecule has 0 aromatic heterocycles. The zero-order valence-electron chi connectivity index (χ0n) is 38.3. The van der Waals surface area contributed by atoms with Gasteiger partial charge in [0.2, 0.25) is 0 Å². The number of carbonyl (C=O) groups is 2. The molecule has 3 N–H and O–H groups in total. The Morgan fingerprint density at radius 1 is 0.421 bits per heavy atom. The summed E-state index contributed by atoms with van der Waals surface area (Å²) in [5.41, 5.74) is 0. The van der Waals surface area contributed by atoms with E-state index >= 15 is 0 Å². The number of aliphatic hydroxyl groups excluding tert-OH is 3. The Labute approximate surface area is 353 Å². The van der Waals surface area contributed by atoms with Crippen LogP contribution in [0.4, 0.5) is 0 Å². The summed E-state index contributed by atoms with van der Waals surface area (Å²) in [5, 5.41) is 31.1. The first-order chi connectivity index (χ1) is 27.8. The highest BCUT2D eigenvalue weighted by atomic mass is 16.5. The van der Waals surface area contributed by atoms with Crippen LogP contribution in [-0.4, -0.2) is 83.8 Å². The lowest BCUT2D eigenvalue weighted by atomic mass is 9.94. The maximum absolute atomic E-state index is 13.0. The first-order valence-electron chi connectivity index (χ1n) is 24.8. The van der Waals surface area contributed by atoms with Crippen LogP contribution in [-0.2, 0) is 19.1 Å². The van der Waals surface area contributed by atoms with Crippen LogP contribution in [0.5, 0.6) is 0 Å². The monoisotopic (exact) mass is 812 g/mol. The third-order valence-corrected chi connectivity index (χ3v) is 11.7. The number of esters is 2. The van der Waals surface area contributed by atoms with E-state index < -0.39 is 12.2 Å². The largest absolute Gasteiger partial charge is 0.465 e. The molecule has 0 rings (SSSR count). The summed E-state index contributed by atoms with van der Waals surface area (Å²) < 4.78 is 11.5. The van der Waals surface area contributed by atoms with Crippen molar-refractivity contribution in [1.82, 2.24) is 4.90 Å². The molecular formula is C49H97NO7. The van der Waals surface area contributed by atoms with Gasteiger partial charge in [-0.25, -0.2) is 0 Å². The fraction of sp³-hybridized carbons (Fsp3) is 0.959. The van der Waals surface area contributed by atoms with E-state index in [2.05, 4.69) is 32.6 Å². The molecule has 340 valence electrons. The molecule has 0 aliphatic heterocycles. The SMILES string of the molecule is CCCCCCCCC(CCCCCC)C(=O)OCCCC[C@H](O)CN(CCCCCO)C[C@@H](O)CCCCOC(=O)C(CCCCCC)CCCCCCCC. The summed E-state index contributed by atoms with van der Waals surface area (Å²) in [5.74, 6) is -0.0483. The molecule has 4 atom stereocenters. The lowest BCUT2D eigenvalue weighted by Crippen LogP contribution is -2.38. The van der Waals surface area contributed by atoms with Gasteiger partial charge >= 0.3 is 11.9 Å². The van der Waals surface area contributed by atoms with Crippen LogP contribution < -0.4 is 0 Å². The lowest BCUT2D eigenvalue weighted by molar-refractivity contribution is -0.150. The third kappa shape index (κ3) is 36.4. The number of hydrogen-bond acceptors (Lipinski definition) is 8. The number of ether oxygens (including phenoxy) is 2. The molecule has 0 fully saturated rings. The Morgan fingerprint density at radius 3 is 1.11 bits per heavy atom. The molecule has 8 nitrogen and oxygen atoms in total. The molecule has 0 bridgehead atoms. The van der Waals surface area contributed by atoms with E-state index in [4.69, 9.17) is 9.47 Å². The van der Waals surface area contributed by atoms with Crippen LogP contribution in [0.2, 0.25) is 0 Å². The van der Waals surface area contributed by atoms with E-state index in [1.165, 1.54) is 103 Å². The van der Waals surface area contributed by atoms with Crippen molar-refractivity contribution in [3.05, 3.63) is 0 Å². The van der Waals surface area contributed by atoms with Crippen LogP contribution in [0.15, 0.2) is 0 Å². The predicted molar refractivity (Wildman–Crippen MR) is 239 cm³/mol. The Bertz CT molecular complexity index is 796. The van der Waals surface area contributed by atoms with Crippen LogP contribution >= 0.6 is 0 Å². The average molecular weight is 812 g/mol. The second-order valence-corrected chi connectivity index (χ2v) is 17.4. The fourth-order valence-corrected chi connectivity index (χ4v) is 7.94. The first kappa shape index (κ1) is 55.8. The van der Waals surface area contributed by atoms with Gasteiger partial charge in [-0.3, -0.25) is 14.5 Å². The van der Waals surface area contributed by atoms with Gasteiger partial charge in [0.25, 0.3) is 0 Å². The smallest absolute Gasteiger partial charge is 0.308 e. The summed E-state index contributed by atoms with van der Waals surface area (Å²) in [6, 6.07) is 0. The summed E-state index contributed by atoms with van der Waals surface area (Å²) >= 11 is 0. The van der Waals surface area contributed by atoms with Crippen LogP contribution in [0.25, 0.3) is 0 Å². The zero-order valence-corrected chi connectivity index (χ0v) is 38.3. The topological polar surface area (TPSA) is 117 Å². The second-order valence-electron chi connectivity index (χ2n) is 17.4. The van der Waals surface area contributed by atoms with E-state index in [9.17, 15) is 24.9 Å². The Kier molecular flexibility index (Phi) is 42.0. The molecule has 0 saturated carbocycles. The molecule has 0 aromatic rings. The van der Waals surface area contributed by atoms with Gasteiger partial charge in [0.15, 0.2) is 0 Å². The Hall–Kier alpha value is -1.22. The van der Waals surface area contributed by atoms with Crippen molar-refractivity contribution in [3.63, 3.8) is 0 Å². The van der Waals surface area contributed by atoms with Gasteiger partial charge in [0.05, 0.1) is 37.3 Å². The minimum atomic E-state index is -0.518. The van der Waals surface area contributed by atoms with E-state index in [1.54, 1.807) is 0 Å². The van der Waals surface area contributed by atoms with Crippen molar-refractivity contribution in [1.29, 1.82) is 0 Å². The number of unbranched alkanes of at least 4 members (excludes halogenated alkanes) is 20. The van der Waals surface area contributed by atoms with Gasteiger partial charge in [-0.1, -0.05) is 156 Å². The zero-order chi connectivity index (χ0) is 42.0. The third-order valence-electron chi connectivity index (χ3n) is 11.7. The number of hydrogen-bond donors (Lipinski definition) is 3. The van der Waals surface area contributed by atoms with Gasteiger partial charge < -0.3 is 24.8 Å².